The van der Waals surface area contributed by atoms with Crippen LogP contribution in [0.1, 0.15) is 40.2 Å². The summed E-state index contributed by atoms with van der Waals surface area (Å²) in [6.45, 7) is 10.3. The predicted octanol–water partition coefficient (Wildman–Crippen LogP) is 2.84. The van der Waals surface area contributed by atoms with Crippen LogP contribution in [0.15, 0.2) is 28.9 Å². The largest absolute Gasteiger partial charge is 0.494 e. The maximum absolute atomic E-state index is 11.8. The van der Waals surface area contributed by atoms with Crippen molar-refractivity contribution in [3.8, 4) is 0 Å². The predicted molar refractivity (Wildman–Crippen MR) is 92.3 cm³/mol. The van der Waals surface area contributed by atoms with Crippen molar-refractivity contribution in [2.75, 3.05) is 6.61 Å². The smallest absolute Gasteiger partial charge is 0.466 e. The van der Waals surface area contributed by atoms with Crippen molar-refractivity contribution in [2.45, 2.75) is 52.2 Å². The molecule has 0 atom stereocenters. The summed E-state index contributed by atoms with van der Waals surface area (Å²) in [5.74, 6) is -0.263. The van der Waals surface area contributed by atoms with E-state index >= 15 is 0 Å². The van der Waals surface area contributed by atoms with E-state index in [0.717, 1.165) is 22.0 Å². The summed E-state index contributed by atoms with van der Waals surface area (Å²) in [5, 5.41) is 0.885. The molecule has 2 aromatic rings. The van der Waals surface area contributed by atoms with Gasteiger partial charge in [-0.3, -0.25) is 4.79 Å². The van der Waals surface area contributed by atoms with Crippen LogP contribution in [0.4, 0.5) is 0 Å². The van der Waals surface area contributed by atoms with Crippen LogP contribution in [0, 0.1) is 0 Å². The molecule has 0 N–H and O–H groups in total. The summed E-state index contributed by atoms with van der Waals surface area (Å²) < 4.78 is 22.7. The molecule has 6 heteroatoms. The number of carbonyl (C=O) groups is 1. The van der Waals surface area contributed by atoms with Gasteiger partial charge in [0.2, 0.25) is 0 Å². The lowest BCUT2D eigenvalue weighted by molar-refractivity contribution is -0.142. The van der Waals surface area contributed by atoms with Crippen molar-refractivity contribution >= 4 is 29.5 Å². The van der Waals surface area contributed by atoms with Gasteiger partial charge >= 0.3 is 13.1 Å². The van der Waals surface area contributed by atoms with E-state index in [1.54, 1.807) is 13.2 Å². The normalized spacial score (nSPS) is 19.0. The summed E-state index contributed by atoms with van der Waals surface area (Å²) in [4.78, 5) is 11.8. The fourth-order valence-corrected chi connectivity index (χ4v) is 2.73. The van der Waals surface area contributed by atoms with Crippen LogP contribution < -0.4 is 5.46 Å². The molecular formula is C18H23BO5. The van der Waals surface area contributed by atoms with Gasteiger partial charge in [0.1, 0.15) is 5.58 Å². The van der Waals surface area contributed by atoms with Gasteiger partial charge in [-0.05, 0) is 46.1 Å². The zero-order valence-electron chi connectivity index (χ0n) is 14.8. The molecule has 0 amide bonds. The maximum atomic E-state index is 11.8. The second-order valence-electron chi connectivity index (χ2n) is 7.09. The number of fused-ring (bicyclic) bond motifs is 1. The van der Waals surface area contributed by atoms with Crippen molar-refractivity contribution in [1.29, 1.82) is 0 Å². The number of furan rings is 1. The molecule has 0 radical (unpaired) electrons. The quantitative estimate of drug-likeness (QED) is 0.637. The molecule has 3 rings (SSSR count). The van der Waals surface area contributed by atoms with Gasteiger partial charge in [-0.25, -0.2) is 0 Å². The van der Waals surface area contributed by atoms with Gasteiger partial charge in [0, 0.05) is 10.9 Å². The molecule has 24 heavy (non-hydrogen) atoms. The van der Waals surface area contributed by atoms with Crippen molar-refractivity contribution in [2.24, 2.45) is 0 Å². The lowest BCUT2D eigenvalue weighted by Crippen LogP contribution is -2.41. The van der Waals surface area contributed by atoms with E-state index in [-0.39, 0.29) is 12.4 Å². The van der Waals surface area contributed by atoms with E-state index in [4.69, 9.17) is 18.5 Å². The van der Waals surface area contributed by atoms with E-state index in [2.05, 4.69) is 0 Å². The molecule has 0 unspecified atom stereocenters. The summed E-state index contributed by atoms with van der Waals surface area (Å²) in [6.07, 6.45) is 1.79. The SMILES string of the molecule is CCOC(=O)Cc1coc2ccc(B3OC(C)(C)C(C)(C)O3)cc12. The molecule has 5 nitrogen and oxygen atoms in total. The Balaban J connectivity index is 1.90. The highest BCUT2D eigenvalue weighted by Crippen LogP contribution is 2.36. The number of carbonyl (C=O) groups excluding carboxylic acids is 1. The van der Waals surface area contributed by atoms with Gasteiger partial charge < -0.3 is 18.5 Å². The Kier molecular flexibility index (Phi) is 4.22. The third kappa shape index (κ3) is 2.96. The van der Waals surface area contributed by atoms with Gasteiger partial charge in [-0.15, -0.1) is 0 Å². The highest BCUT2D eigenvalue weighted by atomic mass is 16.7. The van der Waals surface area contributed by atoms with Crippen LogP contribution >= 0.6 is 0 Å². The van der Waals surface area contributed by atoms with Crippen LogP contribution in [0.25, 0.3) is 11.0 Å². The molecule has 1 aromatic heterocycles. The van der Waals surface area contributed by atoms with Gasteiger partial charge in [0.25, 0.3) is 0 Å². The van der Waals surface area contributed by atoms with Crippen molar-refractivity contribution in [3.05, 3.63) is 30.0 Å². The second-order valence-corrected chi connectivity index (χ2v) is 7.09. The first-order valence-corrected chi connectivity index (χ1v) is 8.25. The van der Waals surface area contributed by atoms with Gasteiger partial charge in [-0.2, -0.15) is 0 Å². The molecule has 0 spiro atoms. The molecule has 128 valence electrons. The molecule has 2 heterocycles. The van der Waals surface area contributed by atoms with Crippen LogP contribution in [-0.2, 0) is 25.3 Å². The number of benzene rings is 1. The standard InChI is InChI=1S/C18H23BO5/c1-6-21-16(20)9-12-11-22-15-8-7-13(10-14(12)15)19-23-17(2,3)18(4,5)24-19/h7-8,10-11H,6,9H2,1-5H3. The Morgan fingerprint density at radius 2 is 1.83 bits per heavy atom. The molecule has 1 aromatic carbocycles. The summed E-state index contributed by atoms with van der Waals surface area (Å²) in [5.41, 5.74) is 1.66. The minimum Gasteiger partial charge on any atom is -0.466 e. The lowest BCUT2D eigenvalue weighted by Gasteiger charge is -2.32. The Morgan fingerprint density at radius 1 is 1.17 bits per heavy atom. The molecule has 1 aliphatic heterocycles. The van der Waals surface area contributed by atoms with Gasteiger partial charge in [-0.1, -0.05) is 12.1 Å². The first-order chi connectivity index (χ1) is 11.2. The van der Waals surface area contributed by atoms with E-state index in [1.807, 2.05) is 45.9 Å². The topological polar surface area (TPSA) is 57.9 Å². The monoisotopic (exact) mass is 330 g/mol. The Hall–Kier alpha value is -1.79. The van der Waals surface area contributed by atoms with Crippen LogP contribution in [0.2, 0.25) is 0 Å². The number of hydrogen-bond acceptors (Lipinski definition) is 5. The molecule has 0 bridgehead atoms. The summed E-state index contributed by atoms with van der Waals surface area (Å²) in [6, 6.07) is 5.78. The van der Waals surface area contributed by atoms with E-state index in [1.165, 1.54) is 0 Å². The van der Waals surface area contributed by atoms with Gasteiger partial charge in [0.05, 0.1) is 30.5 Å². The minimum atomic E-state index is -0.440. The van der Waals surface area contributed by atoms with Crippen LogP contribution in [-0.4, -0.2) is 30.9 Å². The molecule has 1 aliphatic rings. The molecule has 1 fully saturated rings. The van der Waals surface area contributed by atoms with Gasteiger partial charge in [0.15, 0.2) is 0 Å². The van der Waals surface area contributed by atoms with Crippen LogP contribution in [0.3, 0.4) is 0 Å². The number of esters is 1. The Morgan fingerprint density at radius 3 is 2.46 bits per heavy atom. The zero-order valence-corrected chi connectivity index (χ0v) is 14.8. The maximum Gasteiger partial charge on any atom is 0.494 e. The number of ether oxygens (including phenoxy) is 1. The zero-order chi connectivity index (χ0) is 17.5. The molecular weight excluding hydrogens is 307 g/mol. The molecule has 0 saturated carbocycles. The average Bonchev–Trinajstić information content (AvgIpc) is 2.97. The highest BCUT2D eigenvalue weighted by molar-refractivity contribution is 6.62. The second kappa shape index (κ2) is 5.94. The van der Waals surface area contributed by atoms with E-state index in [0.29, 0.717) is 6.61 Å². The third-order valence-corrected chi connectivity index (χ3v) is 4.84. The fraction of sp³-hybridized carbons (Fsp3) is 0.500. The summed E-state index contributed by atoms with van der Waals surface area (Å²) in [7, 11) is -0.440. The number of hydrogen-bond donors (Lipinski definition) is 0. The Labute approximate surface area is 142 Å². The minimum absolute atomic E-state index is 0.188. The third-order valence-electron chi connectivity index (χ3n) is 4.84. The van der Waals surface area contributed by atoms with Crippen LogP contribution in [0.5, 0.6) is 0 Å². The Bertz CT molecular complexity index is 746. The average molecular weight is 330 g/mol. The van der Waals surface area contributed by atoms with E-state index in [9.17, 15) is 4.79 Å². The highest BCUT2D eigenvalue weighted by Gasteiger charge is 2.51. The fourth-order valence-electron chi connectivity index (χ4n) is 2.73. The van der Waals surface area contributed by atoms with Crippen molar-refractivity contribution in [3.63, 3.8) is 0 Å². The number of rotatable bonds is 4. The van der Waals surface area contributed by atoms with E-state index < -0.39 is 18.3 Å². The first kappa shape index (κ1) is 17.1. The van der Waals surface area contributed by atoms with Crippen molar-refractivity contribution in [1.82, 2.24) is 0 Å². The van der Waals surface area contributed by atoms with Crippen molar-refractivity contribution < 1.29 is 23.3 Å². The first-order valence-electron chi connectivity index (χ1n) is 8.25. The molecule has 1 saturated heterocycles. The summed E-state index contributed by atoms with van der Waals surface area (Å²) >= 11 is 0. The molecule has 0 aliphatic carbocycles. The lowest BCUT2D eigenvalue weighted by atomic mass is 9.78.